The van der Waals surface area contributed by atoms with Crippen LogP contribution in [0.5, 0.6) is 5.75 Å². The fraction of sp³-hybridized carbons (Fsp3) is 0.154. The molecule has 1 heterocycles. The molecule has 0 aliphatic carbocycles. The summed E-state index contributed by atoms with van der Waals surface area (Å²) >= 11 is 0. The fourth-order valence-corrected chi connectivity index (χ4v) is 3.11. The summed E-state index contributed by atoms with van der Waals surface area (Å²) in [6, 6.07) is 27.7. The van der Waals surface area contributed by atoms with Crippen molar-refractivity contribution in [3.63, 3.8) is 0 Å². The summed E-state index contributed by atoms with van der Waals surface area (Å²) in [5.41, 5.74) is 7.23. The third kappa shape index (κ3) is 5.55. The molecular weight excluding hydrogens is 398 g/mol. The van der Waals surface area contributed by atoms with Gasteiger partial charge in [0.25, 0.3) is 5.95 Å². The monoisotopic (exact) mass is 423 g/mol. The topological polar surface area (TPSA) is 72.3 Å². The zero-order chi connectivity index (χ0) is 22.0. The van der Waals surface area contributed by atoms with Crippen molar-refractivity contribution in [3.05, 3.63) is 90.5 Å². The van der Waals surface area contributed by atoms with Crippen molar-refractivity contribution in [2.24, 2.45) is 5.10 Å². The van der Waals surface area contributed by atoms with E-state index in [1.165, 1.54) is 0 Å². The van der Waals surface area contributed by atoms with E-state index in [4.69, 9.17) is 4.74 Å². The molecule has 0 aliphatic rings. The maximum Gasteiger partial charge on any atom is 0.263 e. The van der Waals surface area contributed by atoms with Crippen LogP contribution in [0.15, 0.2) is 90.0 Å². The smallest absolute Gasteiger partial charge is 0.263 e. The molecule has 0 amide bonds. The van der Waals surface area contributed by atoms with E-state index >= 15 is 0 Å². The molecule has 0 bridgehead atoms. The van der Waals surface area contributed by atoms with Gasteiger partial charge in [-0.05, 0) is 36.2 Å². The minimum atomic E-state index is 0.333. The van der Waals surface area contributed by atoms with Gasteiger partial charge < -0.3 is 4.74 Å². The second-order valence-electron chi connectivity index (χ2n) is 7.21. The van der Waals surface area contributed by atoms with Crippen LogP contribution < -0.4 is 10.2 Å². The number of hydrogen-bond donors (Lipinski definition) is 1. The number of nitrogens with one attached hydrogen (secondary N) is 1. The Morgan fingerprint density at radius 3 is 2.12 bits per heavy atom. The Bertz CT molecular complexity index is 1150. The lowest BCUT2D eigenvalue weighted by molar-refractivity contribution is 0.309. The number of hydrogen-bond acceptors (Lipinski definition) is 6. The van der Waals surface area contributed by atoms with E-state index in [0.717, 1.165) is 53.3 Å². The minimum Gasteiger partial charge on any atom is -0.494 e. The van der Waals surface area contributed by atoms with Crippen molar-refractivity contribution >= 4 is 12.2 Å². The van der Waals surface area contributed by atoms with Crippen LogP contribution in [0.25, 0.3) is 22.5 Å². The molecule has 0 atom stereocenters. The van der Waals surface area contributed by atoms with Crippen LogP contribution in [-0.4, -0.2) is 28.0 Å². The molecule has 0 fully saturated rings. The maximum atomic E-state index is 5.69. The number of benzene rings is 3. The lowest BCUT2D eigenvalue weighted by Gasteiger charge is -2.09. The summed E-state index contributed by atoms with van der Waals surface area (Å²) in [4.78, 5) is 4.69. The highest BCUT2D eigenvalue weighted by Crippen LogP contribution is 2.28. The molecule has 1 aromatic heterocycles. The first-order chi connectivity index (χ1) is 15.8. The van der Waals surface area contributed by atoms with Gasteiger partial charge >= 0.3 is 0 Å². The molecule has 0 saturated carbocycles. The van der Waals surface area contributed by atoms with E-state index in [-0.39, 0.29) is 0 Å². The second kappa shape index (κ2) is 10.8. The third-order valence-electron chi connectivity index (χ3n) is 4.81. The molecule has 0 unspecified atom stereocenters. The minimum absolute atomic E-state index is 0.333. The van der Waals surface area contributed by atoms with E-state index in [0.29, 0.717) is 5.95 Å². The number of aromatic nitrogens is 3. The van der Waals surface area contributed by atoms with Crippen LogP contribution in [0.3, 0.4) is 0 Å². The number of ether oxygens (including phenoxy) is 1. The summed E-state index contributed by atoms with van der Waals surface area (Å²) in [6.07, 6.45) is 3.88. The Morgan fingerprint density at radius 1 is 0.812 bits per heavy atom. The summed E-state index contributed by atoms with van der Waals surface area (Å²) < 4.78 is 5.69. The van der Waals surface area contributed by atoms with Gasteiger partial charge in [0, 0.05) is 11.1 Å². The molecule has 3 aromatic carbocycles. The molecule has 0 radical (unpaired) electrons. The number of hydrazone groups is 1. The Kier molecular flexibility index (Phi) is 7.16. The van der Waals surface area contributed by atoms with Crippen LogP contribution in [0.2, 0.25) is 0 Å². The van der Waals surface area contributed by atoms with Gasteiger partial charge in [0.2, 0.25) is 0 Å². The highest BCUT2D eigenvalue weighted by atomic mass is 16.5. The number of nitrogens with zero attached hydrogens (tertiary/aromatic N) is 4. The Balaban J connectivity index is 1.51. The predicted octanol–water partition coefficient (Wildman–Crippen LogP) is 5.83. The van der Waals surface area contributed by atoms with Gasteiger partial charge in [-0.3, -0.25) is 0 Å². The molecule has 32 heavy (non-hydrogen) atoms. The first kappa shape index (κ1) is 21.2. The molecule has 6 heteroatoms. The van der Waals surface area contributed by atoms with E-state index in [1.54, 1.807) is 6.21 Å². The summed E-state index contributed by atoms with van der Waals surface area (Å²) in [7, 11) is 0. The molecule has 0 aliphatic heterocycles. The van der Waals surface area contributed by atoms with Gasteiger partial charge in [0.1, 0.15) is 17.1 Å². The van der Waals surface area contributed by atoms with E-state index < -0.39 is 0 Å². The summed E-state index contributed by atoms with van der Waals surface area (Å²) in [5, 5.41) is 12.9. The zero-order valence-corrected chi connectivity index (χ0v) is 18.0. The van der Waals surface area contributed by atoms with Gasteiger partial charge in [-0.1, -0.05) is 74.0 Å². The third-order valence-corrected chi connectivity index (χ3v) is 4.81. The van der Waals surface area contributed by atoms with Gasteiger partial charge in [-0.2, -0.15) is 5.10 Å². The van der Waals surface area contributed by atoms with Crippen molar-refractivity contribution < 1.29 is 4.74 Å². The Hall–Kier alpha value is -4.06. The molecule has 1 N–H and O–H groups in total. The highest BCUT2D eigenvalue weighted by molar-refractivity contribution is 5.80. The maximum absolute atomic E-state index is 5.69. The van der Waals surface area contributed by atoms with Crippen molar-refractivity contribution in [2.75, 3.05) is 12.0 Å². The molecule has 0 spiro atoms. The Morgan fingerprint density at radius 2 is 1.47 bits per heavy atom. The van der Waals surface area contributed by atoms with Crippen LogP contribution in [0.4, 0.5) is 5.95 Å². The van der Waals surface area contributed by atoms with Gasteiger partial charge in [-0.25, -0.2) is 10.4 Å². The molecule has 0 saturated heterocycles. The van der Waals surface area contributed by atoms with Crippen LogP contribution in [0, 0.1) is 0 Å². The normalized spacial score (nSPS) is 10.9. The predicted molar refractivity (Wildman–Crippen MR) is 129 cm³/mol. The number of unbranched alkanes of at least 4 members (excludes halogenated alkanes) is 1. The van der Waals surface area contributed by atoms with Crippen molar-refractivity contribution in [2.45, 2.75) is 19.8 Å². The van der Waals surface area contributed by atoms with E-state index in [1.807, 2.05) is 84.9 Å². The van der Waals surface area contributed by atoms with Gasteiger partial charge in [0.05, 0.1) is 12.8 Å². The summed E-state index contributed by atoms with van der Waals surface area (Å²) in [6.45, 7) is 2.88. The largest absolute Gasteiger partial charge is 0.494 e. The first-order valence-electron chi connectivity index (χ1n) is 10.7. The van der Waals surface area contributed by atoms with Gasteiger partial charge in [-0.15, -0.1) is 10.2 Å². The molecule has 4 aromatic rings. The van der Waals surface area contributed by atoms with Crippen molar-refractivity contribution in [1.82, 2.24) is 15.2 Å². The lowest BCUT2D eigenvalue weighted by Crippen LogP contribution is -2.03. The van der Waals surface area contributed by atoms with Crippen molar-refractivity contribution in [3.8, 4) is 28.3 Å². The quantitative estimate of drug-likeness (QED) is 0.208. The fourth-order valence-electron chi connectivity index (χ4n) is 3.11. The average molecular weight is 424 g/mol. The van der Waals surface area contributed by atoms with Crippen LogP contribution in [-0.2, 0) is 0 Å². The summed E-state index contributed by atoms with van der Waals surface area (Å²) in [5.74, 6) is 1.19. The highest BCUT2D eigenvalue weighted by Gasteiger charge is 2.13. The van der Waals surface area contributed by atoms with E-state index in [9.17, 15) is 0 Å². The SMILES string of the molecule is CCCCOc1ccc(/C=N\Nc2nnc(-c3ccccc3)c(-c3ccccc3)n2)cc1. The average Bonchev–Trinajstić information content (AvgIpc) is 2.86. The molecule has 160 valence electrons. The Labute approximate surface area is 188 Å². The lowest BCUT2D eigenvalue weighted by atomic mass is 10.0. The zero-order valence-electron chi connectivity index (χ0n) is 18.0. The molecule has 4 rings (SSSR count). The molecule has 6 nitrogen and oxygen atoms in total. The standard InChI is InChI=1S/C26H25N5O/c1-2-3-18-32-23-16-14-20(15-17-23)19-27-30-26-28-24(21-10-6-4-7-11-21)25(29-31-26)22-12-8-5-9-13-22/h4-17,19H,2-3,18H2,1H3,(H,28,30,31)/b27-19-. The number of anilines is 1. The van der Waals surface area contributed by atoms with E-state index in [2.05, 4.69) is 32.6 Å². The number of rotatable bonds is 9. The van der Waals surface area contributed by atoms with Crippen molar-refractivity contribution in [1.29, 1.82) is 0 Å². The van der Waals surface area contributed by atoms with Gasteiger partial charge in [0.15, 0.2) is 0 Å². The molecular formula is C26H25N5O. The van der Waals surface area contributed by atoms with Crippen LogP contribution >= 0.6 is 0 Å². The first-order valence-corrected chi connectivity index (χ1v) is 10.7. The van der Waals surface area contributed by atoms with Crippen LogP contribution in [0.1, 0.15) is 25.3 Å². The second-order valence-corrected chi connectivity index (χ2v) is 7.21.